The van der Waals surface area contributed by atoms with Crippen LogP contribution in [0.2, 0.25) is 0 Å². The van der Waals surface area contributed by atoms with E-state index in [0.717, 1.165) is 4.57 Å². The number of aromatic hydroxyl groups is 2. The van der Waals surface area contributed by atoms with Crippen molar-refractivity contribution in [2.45, 2.75) is 31.7 Å². The summed E-state index contributed by atoms with van der Waals surface area (Å²) in [5.41, 5.74) is 0.219. The molecule has 1 heterocycles. The summed E-state index contributed by atoms with van der Waals surface area (Å²) in [4.78, 5) is 53.4. The van der Waals surface area contributed by atoms with Crippen LogP contribution >= 0.6 is 0 Å². The number of carbonyl (C=O) groups is 2. The lowest BCUT2D eigenvalue weighted by Crippen LogP contribution is -2.41. The number of aromatic nitrogens is 2. The Morgan fingerprint density at radius 1 is 1.07 bits per heavy atom. The first kappa shape index (κ1) is 30.1. The number of allylic oxidation sites excluding steroid dienone is 3. The minimum Gasteiger partial charge on any atom is -0.507 e. The van der Waals surface area contributed by atoms with Gasteiger partial charge in [0.1, 0.15) is 35.5 Å². The van der Waals surface area contributed by atoms with Crippen molar-refractivity contribution in [3.63, 3.8) is 0 Å². The van der Waals surface area contributed by atoms with Crippen LogP contribution in [-0.2, 0) is 11.8 Å². The number of nitrogens with one attached hydrogen (secondary N) is 1. The summed E-state index contributed by atoms with van der Waals surface area (Å²) in [5, 5.41) is 32.4. The summed E-state index contributed by atoms with van der Waals surface area (Å²) >= 11 is 0. The van der Waals surface area contributed by atoms with Crippen molar-refractivity contribution in [3.05, 3.63) is 80.5 Å². The Labute approximate surface area is 241 Å². The van der Waals surface area contributed by atoms with Crippen LogP contribution < -0.4 is 21.3 Å². The topological polar surface area (TPSA) is 163 Å². The van der Waals surface area contributed by atoms with Gasteiger partial charge in [-0.05, 0) is 76.2 Å². The molecule has 0 radical (unpaired) electrons. The van der Waals surface area contributed by atoms with E-state index in [9.17, 15) is 34.5 Å². The van der Waals surface area contributed by atoms with E-state index in [-0.39, 0.29) is 6.42 Å². The molecule has 42 heavy (non-hydrogen) atoms. The number of carboxylic acid groups (broad SMARTS) is 1. The number of rotatable bonds is 10. The van der Waals surface area contributed by atoms with Gasteiger partial charge in [-0.1, -0.05) is 17.7 Å². The quantitative estimate of drug-likeness (QED) is 0.283. The molecule has 1 unspecified atom stereocenters. The van der Waals surface area contributed by atoms with E-state index >= 15 is 0 Å². The summed E-state index contributed by atoms with van der Waals surface area (Å²) < 4.78 is 8.32. The number of likely N-dealkylation sites (N-methyl/N-ethyl adjacent to an activating group) is 1. The third kappa shape index (κ3) is 6.55. The first-order chi connectivity index (χ1) is 20.0. The third-order valence-corrected chi connectivity index (χ3v) is 7.10. The highest BCUT2D eigenvalue weighted by Crippen LogP contribution is 2.27. The summed E-state index contributed by atoms with van der Waals surface area (Å²) in [6.07, 6.45) is 4.61. The monoisotopic (exact) mass is 578 g/mol. The zero-order valence-corrected chi connectivity index (χ0v) is 23.7. The van der Waals surface area contributed by atoms with E-state index in [4.69, 9.17) is 4.74 Å². The molecular formula is C30H34N4O8. The highest BCUT2D eigenvalue weighted by molar-refractivity contribution is 6.01. The number of nitrogens with zero attached hydrogens (tertiary/aromatic N) is 3. The molecule has 3 aromatic rings. The number of carboxylic acids is 1. The zero-order chi connectivity index (χ0) is 30.6. The Balaban J connectivity index is 1.62. The number of carbonyl (C=O) groups excluding carboxylic acids is 1. The van der Waals surface area contributed by atoms with Crippen molar-refractivity contribution >= 4 is 28.5 Å². The Morgan fingerprint density at radius 2 is 1.79 bits per heavy atom. The lowest BCUT2D eigenvalue weighted by Gasteiger charge is -2.17. The maximum atomic E-state index is 13.6. The van der Waals surface area contributed by atoms with Crippen molar-refractivity contribution in [3.8, 4) is 17.2 Å². The summed E-state index contributed by atoms with van der Waals surface area (Å²) in [6, 6.07) is 7.46. The lowest BCUT2D eigenvalue weighted by atomic mass is 10.0. The number of fused-ring (bicyclic) bond motifs is 1. The predicted molar refractivity (Wildman–Crippen MR) is 157 cm³/mol. The highest BCUT2D eigenvalue weighted by Gasteiger charge is 2.26. The smallest absolute Gasteiger partial charge is 0.335 e. The number of aliphatic carboxylic acids is 1. The van der Waals surface area contributed by atoms with Crippen LogP contribution in [0.25, 0.3) is 16.6 Å². The molecule has 0 saturated carbocycles. The van der Waals surface area contributed by atoms with Crippen LogP contribution in [0.15, 0.2) is 63.7 Å². The maximum Gasteiger partial charge on any atom is 0.335 e. The number of aryl methyl sites for hydroxylation is 1. The number of amides is 1. The highest BCUT2D eigenvalue weighted by atomic mass is 16.5. The van der Waals surface area contributed by atoms with Gasteiger partial charge in [0.15, 0.2) is 0 Å². The average molecular weight is 579 g/mol. The van der Waals surface area contributed by atoms with Gasteiger partial charge in [-0.15, -0.1) is 0 Å². The van der Waals surface area contributed by atoms with Gasteiger partial charge in [-0.2, -0.15) is 0 Å². The van der Waals surface area contributed by atoms with Crippen molar-refractivity contribution in [2.75, 3.05) is 27.2 Å². The van der Waals surface area contributed by atoms with E-state index in [0.29, 0.717) is 60.3 Å². The summed E-state index contributed by atoms with van der Waals surface area (Å²) in [6.45, 7) is 1.13. The van der Waals surface area contributed by atoms with Crippen LogP contribution in [-0.4, -0.2) is 74.5 Å². The molecule has 2 aromatic carbocycles. The fourth-order valence-corrected chi connectivity index (χ4v) is 4.82. The van der Waals surface area contributed by atoms with Crippen LogP contribution in [0.3, 0.4) is 0 Å². The normalized spacial score (nSPS) is 14.2. The van der Waals surface area contributed by atoms with E-state index in [1.54, 1.807) is 37.4 Å². The average Bonchev–Trinajstić information content (AvgIpc) is 3.16. The summed E-state index contributed by atoms with van der Waals surface area (Å²) in [7, 11) is 5.45. The van der Waals surface area contributed by atoms with Crippen molar-refractivity contribution in [1.82, 2.24) is 19.4 Å². The van der Waals surface area contributed by atoms with Gasteiger partial charge < -0.3 is 30.3 Å². The van der Waals surface area contributed by atoms with Crippen molar-refractivity contribution < 1.29 is 29.6 Å². The van der Waals surface area contributed by atoms with Gasteiger partial charge in [0, 0.05) is 19.3 Å². The van der Waals surface area contributed by atoms with Gasteiger partial charge in [0.05, 0.1) is 10.9 Å². The molecule has 222 valence electrons. The molecule has 1 aromatic heterocycles. The Kier molecular flexibility index (Phi) is 9.16. The number of hydrogen-bond donors (Lipinski definition) is 4. The minimum atomic E-state index is -1.35. The van der Waals surface area contributed by atoms with Crippen LogP contribution in [0, 0.1) is 0 Å². The standard InChI is InChI=1S/C30H34N4O8/c1-32(2)14-15-42-20-12-13-23-21(17-20)28(38)34(30(41)33(23)3)19-7-4-6-18(10-11-19)16-22(29(39)40)31-27(37)26-24(35)8-5-9-25(26)36/h5,8-13,17,22,35-36H,4,6-7,14-16H2,1-3H3,(H,31,37)(H,39,40). The molecule has 0 aliphatic heterocycles. The number of phenolic OH excluding ortho intramolecular Hbond substituents is 2. The fraction of sp³-hybridized carbons (Fsp3) is 0.333. The summed E-state index contributed by atoms with van der Waals surface area (Å²) in [5.74, 6) is -2.67. The zero-order valence-electron chi connectivity index (χ0n) is 23.7. The van der Waals surface area contributed by atoms with E-state index in [2.05, 4.69) is 5.32 Å². The number of phenols is 2. The number of benzene rings is 2. The van der Waals surface area contributed by atoms with Crippen molar-refractivity contribution in [1.29, 1.82) is 0 Å². The Morgan fingerprint density at radius 3 is 2.45 bits per heavy atom. The molecule has 1 amide bonds. The molecule has 1 atom stereocenters. The Bertz CT molecular complexity index is 1680. The van der Waals surface area contributed by atoms with E-state index < -0.39 is 46.2 Å². The minimum absolute atomic E-state index is 0.0580. The number of hydrogen-bond acceptors (Lipinski definition) is 8. The van der Waals surface area contributed by atoms with E-state index in [1.165, 1.54) is 22.8 Å². The lowest BCUT2D eigenvalue weighted by molar-refractivity contribution is -0.139. The molecular weight excluding hydrogens is 544 g/mol. The van der Waals surface area contributed by atoms with Gasteiger partial charge in [0.2, 0.25) is 0 Å². The third-order valence-electron chi connectivity index (χ3n) is 7.10. The SMILES string of the molecule is CN(C)CCOc1ccc2c(c1)c(=O)n(C1=CC=C(CC(NC(=O)c3c(O)cccc3O)C(=O)O)CCC1)c(=O)n2C. The molecule has 4 rings (SSSR count). The molecule has 0 spiro atoms. The molecule has 1 aliphatic carbocycles. The number of ether oxygens (including phenoxy) is 1. The molecule has 4 N–H and O–H groups in total. The second-order valence-electron chi connectivity index (χ2n) is 10.4. The van der Waals surface area contributed by atoms with Crippen LogP contribution in [0.1, 0.15) is 36.0 Å². The molecule has 12 nitrogen and oxygen atoms in total. The predicted octanol–water partition coefficient (Wildman–Crippen LogP) is 2.28. The van der Waals surface area contributed by atoms with Crippen LogP contribution in [0.5, 0.6) is 17.2 Å². The largest absolute Gasteiger partial charge is 0.507 e. The molecule has 12 heteroatoms. The molecule has 0 fully saturated rings. The molecule has 0 saturated heterocycles. The van der Waals surface area contributed by atoms with Crippen LogP contribution in [0.4, 0.5) is 0 Å². The van der Waals surface area contributed by atoms with Gasteiger partial charge in [0.25, 0.3) is 11.5 Å². The van der Waals surface area contributed by atoms with Crippen molar-refractivity contribution in [2.24, 2.45) is 7.05 Å². The second kappa shape index (κ2) is 12.8. The molecule has 1 aliphatic rings. The molecule has 0 bridgehead atoms. The fourth-order valence-electron chi connectivity index (χ4n) is 4.82. The van der Waals surface area contributed by atoms with Gasteiger partial charge in [-0.25, -0.2) is 14.2 Å². The second-order valence-corrected chi connectivity index (χ2v) is 10.4. The first-order valence-corrected chi connectivity index (χ1v) is 13.4. The maximum absolute atomic E-state index is 13.6. The first-order valence-electron chi connectivity index (χ1n) is 13.4. The van der Waals surface area contributed by atoms with Gasteiger partial charge >= 0.3 is 11.7 Å². The van der Waals surface area contributed by atoms with Gasteiger partial charge in [-0.3, -0.25) is 14.2 Å². The van der Waals surface area contributed by atoms with E-state index in [1.807, 2.05) is 19.0 Å². The Hall–Kier alpha value is -4.84.